The Morgan fingerprint density at radius 3 is 2.76 bits per heavy atom. The maximum atomic E-state index is 11.8. The number of nitrogens with zero attached hydrogens (tertiary/aromatic N) is 1. The number of hydrogen-bond acceptors (Lipinski definition) is 3. The minimum absolute atomic E-state index is 0.208. The molecule has 4 nitrogen and oxygen atoms in total. The number of anilines is 1. The minimum Gasteiger partial charge on any atom is -0.494 e. The zero-order valence-electron chi connectivity index (χ0n) is 9.93. The molecule has 1 saturated heterocycles. The molecule has 0 bridgehead atoms. The average molecular weight is 235 g/mol. The number of aliphatic hydroxyl groups excluding tert-OH is 1. The molecule has 0 aromatic heterocycles. The Labute approximate surface area is 101 Å². The lowest BCUT2D eigenvalue weighted by molar-refractivity contribution is -0.128. The second-order valence-corrected chi connectivity index (χ2v) is 4.07. The Hall–Kier alpha value is -1.55. The number of aliphatic hydroxyl groups is 1. The first kappa shape index (κ1) is 11.9. The van der Waals surface area contributed by atoms with E-state index in [2.05, 4.69) is 0 Å². The molecule has 1 aromatic carbocycles. The molecule has 1 aliphatic rings. The summed E-state index contributed by atoms with van der Waals surface area (Å²) < 4.78 is 5.34. The molecule has 92 valence electrons. The van der Waals surface area contributed by atoms with Crippen LogP contribution in [0.2, 0.25) is 0 Å². The van der Waals surface area contributed by atoms with E-state index >= 15 is 0 Å². The first-order valence-electron chi connectivity index (χ1n) is 5.94. The zero-order chi connectivity index (χ0) is 12.3. The van der Waals surface area contributed by atoms with Gasteiger partial charge in [0.1, 0.15) is 11.9 Å². The summed E-state index contributed by atoms with van der Waals surface area (Å²) in [7, 11) is 0. The second kappa shape index (κ2) is 5.19. The van der Waals surface area contributed by atoms with Gasteiger partial charge >= 0.3 is 0 Å². The van der Waals surface area contributed by atoms with Gasteiger partial charge in [0.05, 0.1) is 6.61 Å². The predicted molar refractivity (Wildman–Crippen MR) is 65.2 cm³/mol. The van der Waals surface area contributed by atoms with Crippen LogP contribution in [-0.2, 0) is 4.79 Å². The van der Waals surface area contributed by atoms with Crippen molar-refractivity contribution in [3.05, 3.63) is 24.3 Å². The Kier molecular flexibility index (Phi) is 3.64. The van der Waals surface area contributed by atoms with E-state index in [1.165, 1.54) is 0 Å². The number of rotatable bonds is 3. The molecule has 1 aromatic rings. The van der Waals surface area contributed by atoms with E-state index in [1.807, 2.05) is 31.2 Å². The number of carbonyl (C=O) groups is 1. The molecule has 1 atom stereocenters. The van der Waals surface area contributed by atoms with E-state index in [9.17, 15) is 9.90 Å². The van der Waals surface area contributed by atoms with Crippen molar-refractivity contribution in [2.45, 2.75) is 25.9 Å². The van der Waals surface area contributed by atoms with Gasteiger partial charge in [0.25, 0.3) is 5.91 Å². The molecule has 2 rings (SSSR count). The van der Waals surface area contributed by atoms with Gasteiger partial charge < -0.3 is 14.7 Å². The van der Waals surface area contributed by atoms with Crippen molar-refractivity contribution in [1.82, 2.24) is 0 Å². The molecular weight excluding hydrogens is 218 g/mol. The average Bonchev–Trinajstić information content (AvgIpc) is 2.34. The van der Waals surface area contributed by atoms with Crippen molar-refractivity contribution >= 4 is 11.6 Å². The molecule has 1 unspecified atom stereocenters. The lowest BCUT2D eigenvalue weighted by Gasteiger charge is -2.29. The van der Waals surface area contributed by atoms with Crippen LogP contribution < -0.4 is 9.64 Å². The number of ether oxygens (including phenoxy) is 1. The molecule has 0 aliphatic carbocycles. The molecule has 17 heavy (non-hydrogen) atoms. The molecule has 1 heterocycles. The molecule has 0 saturated carbocycles. The lowest BCUT2D eigenvalue weighted by atomic mass is 10.1. The highest BCUT2D eigenvalue weighted by molar-refractivity contribution is 5.97. The van der Waals surface area contributed by atoms with Crippen LogP contribution in [0.25, 0.3) is 0 Å². The van der Waals surface area contributed by atoms with E-state index in [0.29, 0.717) is 19.6 Å². The number of amides is 1. The highest BCUT2D eigenvalue weighted by Gasteiger charge is 2.27. The van der Waals surface area contributed by atoms with Gasteiger partial charge in [0.2, 0.25) is 0 Å². The first-order valence-corrected chi connectivity index (χ1v) is 5.94. The summed E-state index contributed by atoms with van der Waals surface area (Å²) in [5.74, 6) is 0.585. The summed E-state index contributed by atoms with van der Waals surface area (Å²) >= 11 is 0. The summed E-state index contributed by atoms with van der Waals surface area (Å²) in [6.45, 7) is 3.23. The second-order valence-electron chi connectivity index (χ2n) is 4.07. The van der Waals surface area contributed by atoms with Gasteiger partial charge in [-0.05, 0) is 44.0 Å². The Morgan fingerprint density at radius 1 is 1.41 bits per heavy atom. The predicted octanol–water partition coefficient (Wildman–Crippen LogP) is 1.57. The maximum Gasteiger partial charge on any atom is 0.255 e. The lowest BCUT2D eigenvalue weighted by Crippen LogP contribution is -2.44. The van der Waals surface area contributed by atoms with Gasteiger partial charge in [-0.3, -0.25) is 4.79 Å². The first-order chi connectivity index (χ1) is 8.22. The molecule has 1 fully saturated rings. The van der Waals surface area contributed by atoms with Gasteiger partial charge in [-0.1, -0.05) is 0 Å². The summed E-state index contributed by atoms with van der Waals surface area (Å²) in [5.41, 5.74) is 0.817. The highest BCUT2D eigenvalue weighted by Crippen LogP contribution is 2.23. The third-order valence-corrected chi connectivity index (χ3v) is 2.87. The number of hydrogen-bond donors (Lipinski definition) is 1. The van der Waals surface area contributed by atoms with E-state index in [4.69, 9.17) is 4.74 Å². The molecule has 1 amide bonds. The van der Waals surface area contributed by atoms with E-state index in [1.54, 1.807) is 4.90 Å². The highest BCUT2D eigenvalue weighted by atomic mass is 16.5. The maximum absolute atomic E-state index is 11.8. The standard InChI is InChI=1S/C13H17NO3/c1-2-17-11-7-5-10(6-8-11)14-9-3-4-12(15)13(14)16/h5-8,12,15H,2-4,9H2,1H3. The normalized spacial score (nSPS) is 20.5. The summed E-state index contributed by atoms with van der Waals surface area (Å²) in [6.07, 6.45) is 0.544. The van der Waals surface area contributed by atoms with Gasteiger partial charge in [-0.15, -0.1) is 0 Å². The molecule has 0 radical (unpaired) electrons. The van der Waals surface area contributed by atoms with Crippen LogP contribution in [-0.4, -0.2) is 30.3 Å². The molecule has 1 N–H and O–H groups in total. The van der Waals surface area contributed by atoms with Crippen LogP contribution in [0.3, 0.4) is 0 Å². The van der Waals surface area contributed by atoms with Crippen molar-refractivity contribution in [1.29, 1.82) is 0 Å². The molecule has 4 heteroatoms. The largest absolute Gasteiger partial charge is 0.494 e. The van der Waals surface area contributed by atoms with Crippen LogP contribution in [0.15, 0.2) is 24.3 Å². The van der Waals surface area contributed by atoms with Crippen molar-refractivity contribution in [2.24, 2.45) is 0 Å². The van der Waals surface area contributed by atoms with Crippen molar-refractivity contribution in [3.63, 3.8) is 0 Å². The van der Waals surface area contributed by atoms with E-state index in [0.717, 1.165) is 17.9 Å². The SMILES string of the molecule is CCOc1ccc(N2CCCC(O)C2=O)cc1. The summed E-state index contributed by atoms with van der Waals surface area (Å²) in [5, 5.41) is 9.53. The third kappa shape index (κ3) is 2.58. The summed E-state index contributed by atoms with van der Waals surface area (Å²) in [4.78, 5) is 13.4. The van der Waals surface area contributed by atoms with Gasteiger partial charge in [-0.2, -0.15) is 0 Å². The van der Waals surface area contributed by atoms with Gasteiger partial charge in [-0.25, -0.2) is 0 Å². The van der Waals surface area contributed by atoms with Crippen LogP contribution >= 0.6 is 0 Å². The number of piperidine rings is 1. The third-order valence-electron chi connectivity index (χ3n) is 2.87. The zero-order valence-corrected chi connectivity index (χ0v) is 9.93. The fraction of sp³-hybridized carbons (Fsp3) is 0.462. The van der Waals surface area contributed by atoms with Crippen LogP contribution in [0.5, 0.6) is 5.75 Å². The molecule has 0 spiro atoms. The topological polar surface area (TPSA) is 49.8 Å². The van der Waals surface area contributed by atoms with E-state index < -0.39 is 6.10 Å². The molecular formula is C13H17NO3. The van der Waals surface area contributed by atoms with E-state index in [-0.39, 0.29) is 5.91 Å². The fourth-order valence-electron chi connectivity index (χ4n) is 2.00. The number of benzene rings is 1. The van der Waals surface area contributed by atoms with Crippen LogP contribution in [0, 0.1) is 0 Å². The fourth-order valence-corrected chi connectivity index (χ4v) is 2.00. The Bertz CT molecular complexity index is 388. The van der Waals surface area contributed by atoms with Crippen molar-refractivity contribution in [3.8, 4) is 5.75 Å². The minimum atomic E-state index is -0.852. The van der Waals surface area contributed by atoms with Crippen LogP contribution in [0.1, 0.15) is 19.8 Å². The van der Waals surface area contributed by atoms with Crippen LogP contribution in [0.4, 0.5) is 5.69 Å². The Morgan fingerprint density at radius 2 is 2.12 bits per heavy atom. The summed E-state index contributed by atoms with van der Waals surface area (Å²) in [6, 6.07) is 7.38. The Balaban J connectivity index is 2.13. The molecule has 1 aliphatic heterocycles. The smallest absolute Gasteiger partial charge is 0.255 e. The monoisotopic (exact) mass is 235 g/mol. The quantitative estimate of drug-likeness (QED) is 0.865. The van der Waals surface area contributed by atoms with Gasteiger partial charge in [0.15, 0.2) is 0 Å². The van der Waals surface area contributed by atoms with Crippen molar-refractivity contribution < 1.29 is 14.6 Å². The van der Waals surface area contributed by atoms with Crippen molar-refractivity contribution in [2.75, 3.05) is 18.1 Å². The number of carbonyl (C=O) groups excluding carboxylic acids is 1. The van der Waals surface area contributed by atoms with Gasteiger partial charge in [0, 0.05) is 12.2 Å².